The van der Waals surface area contributed by atoms with Crippen molar-refractivity contribution in [1.29, 1.82) is 0 Å². The van der Waals surface area contributed by atoms with E-state index in [0.29, 0.717) is 36.0 Å². The molecule has 0 bridgehead atoms. The Bertz CT molecular complexity index is 805. The van der Waals surface area contributed by atoms with Crippen molar-refractivity contribution in [2.45, 2.75) is 12.8 Å². The lowest BCUT2D eigenvalue weighted by Crippen LogP contribution is -2.39. The molecule has 1 saturated heterocycles. The fourth-order valence-corrected chi connectivity index (χ4v) is 3.69. The molecule has 0 aromatic heterocycles. The summed E-state index contributed by atoms with van der Waals surface area (Å²) in [7, 11) is 0. The minimum atomic E-state index is -0.0632. The molecule has 26 heavy (non-hydrogen) atoms. The summed E-state index contributed by atoms with van der Waals surface area (Å²) >= 11 is 11.9. The van der Waals surface area contributed by atoms with Gasteiger partial charge in [-0.15, -0.1) is 0 Å². The maximum absolute atomic E-state index is 12.5. The monoisotopic (exact) mass is 387 g/mol. The standard InChI is InChI=1S/C21H19Cl2NO2/c22-18-12-15(13-19(23)14-18)6-7-20(25)24-10-8-17(9-11-24)21(26)16-4-2-1-3-5-16/h1-7,12-14,17H,8-11H2/b7-6+. The molecule has 0 atom stereocenters. The third kappa shape index (κ3) is 4.75. The van der Waals surface area contributed by atoms with Gasteiger partial charge >= 0.3 is 0 Å². The Labute approximate surface area is 163 Å². The maximum Gasteiger partial charge on any atom is 0.246 e. The largest absolute Gasteiger partial charge is 0.339 e. The first-order chi connectivity index (χ1) is 12.5. The van der Waals surface area contributed by atoms with Gasteiger partial charge in [-0.05, 0) is 42.7 Å². The first-order valence-corrected chi connectivity index (χ1v) is 9.31. The number of carbonyl (C=O) groups excluding carboxylic acids is 2. The smallest absolute Gasteiger partial charge is 0.246 e. The average Bonchev–Trinajstić information content (AvgIpc) is 2.65. The van der Waals surface area contributed by atoms with Crippen molar-refractivity contribution in [3.63, 3.8) is 0 Å². The van der Waals surface area contributed by atoms with Crippen molar-refractivity contribution in [3.05, 3.63) is 75.8 Å². The number of nitrogens with zero attached hydrogens (tertiary/aromatic N) is 1. The second-order valence-electron chi connectivity index (χ2n) is 6.37. The Morgan fingerprint density at radius 1 is 0.962 bits per heavy atom. The number of ketones is 1. The van der Waals surface area contributed by atoms with E-state index in [1.807, 2.05) is 30.3 Å². The summed E-state index contributed by atoms with van der Waals surface area (Å²) in [5.74, 6) is 0.0886. The molecule has 1 heterocycles. The summed E-state index contributed by atoms with van der Waals surface area (Å²) < 4.78 is 0. The molecule has 2 aromatic rings. The third-order valence-corrected chi connectivity index (χ3v) is 4.98. The number of rotatable bonds is 4. The van der Waals surface area contributed by atoms with E-state index < -0.39 is 0 Å². The summed E-state index contributed by atoms with van der Waals surface area (Å²) in [5.41, 5.74) is 1.53. The molecule has 0 saturated carbocycles. The summed E-state index contributed by atoms with van der Waals surface area (Å²) in [6.07, 6.45) is 4.62. The van der Waals surface area contributed by atoms with E-state index in [4.69, 9.17) is 23.2 Å². The molecule has 1 amide bonds. The molecule has 0 aliphatic carbocycles. The molecule has 3 nitrogen and oxygen atoms in total. The zero-order chi connectivity index (χ0) is 18.5. The molecule has 0 spiro atoms. The number of hydrogen-bond donors (Lipinski definition) is 0. The van der Waals surface area contributed by atoms with Crippen molar-refractivity contribution >= 4 is 41.0 Å². The number of amides is 1. The predicted octanol–water partition coefficient (Wildman–Crippen LogP) is 5.13. The van der Waals surface area contributed by atoms with E-state index in [1.54, 1.807) is 29.2 Å². The van der Waals surface area contributed by atoms with Crippen LogP contribution in [0, 0.1) is 5.92 Å². The Hall–Kier alpha value is -2.10. The van der Waals surface area contributed by atoms with Crippen LogP contribution in [0.2, 0.25) is 10.0 Å². The molecule has 134 valence electrons. The lowest BCUT2D eigenvalue weighted by molar-refractivity contribution is -0.127. The SMILES string of the molecule is O=C(c1ccccc1)C1CCN(C(=O)/C=C/c2cc(Cl)cc(Cl)c2)CC1. The van der Waals surface area contributed by atoms with Gasteiger partial charge in [-0.2, -0.15) is 0 Å². The van der Waals surface area contributed by atoms with Crippen molar-refractivity contribution in [2.75, 3.05) is 13.1 Å². The molecule has 3 rings (SSSR count). The number of Topliss-reactive ketones (excluding diaryl/α,β-unsaturated/α-hetero) is 1. The normalized spacial score (nSPS) is 15.4. The van der Waals surface area contributed by atoms with Gasteiger partial charge in [0.05, 0.1) is 0 Å². The van der Waals surface area contributed by atoms with Gasteiger partial charge in [0.2, 0.25) is 5.91 Å². The van der Waals surface area contributed by atoms with Gasteiger partial charge in [-0.3, -0.25) is 9.59 Å². The lowest BCUT2D eigenvalue weighted by Gasteiger charge is -2.30. The molecular formula is C21H19Cl2NO2. The Balaban J connectivity index is 1.56. The number of hydrogen-bond acceptors (Lipinski definition) is 2. The van der Waals surface area contributed by atoms with Crippen LogP contribution in [0.5, 0.6) is 0 Å². The zero-order valence-corrected chi connectivity index (χ0v) is 15.7. The van der Waals surface area contributed by atoms with Crippen LogP contribution in [0.4, 0.5) is 0 Å². The third-order valence-electron chi connectivity index (χ3n) is 4.54. The first kappa shape index (κ1) is 18.7. The van der Waals surface area contributed by atoms with Crippen LogP contribution in [0.1, 0.15) is 28.8 Å². The minimum absolute atomic E-state index is 0.0165. The van der Waals surface area contributed by atoms with E-state index in [1.165, 1.54) is 6.08 Å². The number of carbonyl (C=O) groups is 2. The maximum atomic E-state index is 12.5. The fraction of sp³-hybridized carbons (Fsp3) is 0.238. The van der Waals surface area contributed by atoms with E-state index in [2.05, 4.69) is 0 Å². The van der Waals surface area contributed by atoms with Crippen LogP contribution in [-0.4, -0.2) is 29.7 Å². The van der Waals surface area contributed by atoms with Gasteiger partial charge in [0.25, 0.3) is 0 Å². The van der Waals surface area contributed by atoms with Crippen LogP contribution in [-0.2, 0) is 4.79 Å². The van der Waals surface area contributed by atoms with E-state index >= 15 is 0 Å². The highest BCUT2D eigenvalue weighted by Gasteiger charge is 2.27. The number of piperidine rings is 1. The summed E-state index contributed by atoms with van der Waals surface area (Å²) in [6, 6.07) is 14.5. The van der Waals surface area contributed by atoms with Gasteiger partial charge in [-0.1, -0.05) is 53.5 Å². The second-order valence-corrected chi connectivity index (χ2v) is 7.24. The van der Waals surface area contributed by atoms with Crippen LogP contribution in [0.15, 0.2) is 54.6 Å². The Morgan fingerprint density at radius 3 is 2.19 bits per heavy atom. The topological polar surface area (TPSA) is 37.4 Å². The van der Waals surface area contributed by atoms with Gasteiger partial charge < -0.3 is 4.90 Å². The van der Waals surface area contributed by atoms with Gasteiger partial charge in [0.1, 0.15) is 0 Å². The van der Waals surface area contributed by atoms with E-state index in [-0.39, 0.29) is 17.6 Å². The highest BCUT2D eigenvalue weighted by Crippen LogP contribution is 2.23. The Morgan fingerprint density at radius 2 is 1.58 bits per heavy atom. The summed E-state index contributed by atoms with van der Waals surface area (Å²) in [5, 5.41) is 1.06. The van der Waals surface area contributed by atoms with Crippen molar-refractivity contribution in [2.24, 2.45) is 5.92 Å². The zero-order valence-electron chi connectivity index (χ0n) is 14.2. The number of likely N-dealkylation sites (tertiary alicyclic amines) is 1. The lowest BCUT2D eigenvalue weighted by atomic mass is 9.89. The molecule has 2 aromatic carbocycles. The van der Waals surface area contributed by atoms with Crippen molar-refractivity contribution < 1.29 is 9.59 Å². The van der Waals surface area contributed by atoms with E-state index in [9.17, 15) is 9.59 Å². The van der Waals surface area contributed by atoms with Crippen molar-refractivity contribution in [1.82, 2.24) is 4.90 Å². The van der Waals surface area contributed by atoms with Crippen LogP contribution < -0.4 is 0 Å². The average molecular weight is 388 g/mol. The van der Waals surface area contributed by atoms with Gasteiger partial charge in [0, 0.05) is 40.7 Å². The van der Waals surface area contributed by atoms with Crippen LogP contribution in [0.25, 0.3) is 6.08 Å². The highest BCUT2D eigenvalue weighted by atomic mass is 35.5. The van der Waals surface area contributed by atoms with Crippen molar-refractivity contribution in [3.8, 4) is 0 Å². The molecule has 0 unspecified atom stereocenters. The fourth-order valence-electron chi connectivity index (χ4n) is 3.14. The molecular weight excluding hydrogens is 369 g/mol. The van der Waals surface area contributed by atoms with E-state index in [0.717, 1.165) is 11.1 Å². The van der Waals surface area contributed by atoms with Crippen LogP contribution >= 0.6 is 23.2 Å². The predicted molar refractivity (Wildman–Crippen MR) is 106 cm³/mol. The first-order valence-electron chi connectivity index (χ1n) is 8.55. The second kappa shape index (κ2) is 8.52. The molecule has 0 radical (unpaired) electrons. The number of halogens is 2. The van der Waals surface area contributed by atoms with Gasteiger partial charge in [0.15, 0.2) is 5.78 Å². The van der Waals surface area contributed by atoms with Crippen LogP contribution in [0.3, 0.4) is 0 Å². The quantitative estimate of drug-likeness (QED) is 0.538. The molecule has 0 N–H and O–H groups in total. The molecule has 1 aliphatic rings. The summed E-state index contributed by atoms with van der Waals surface area (Å²) in [4.78, 5) is 26.7. The Kier molecular flexibility index (Phi) is 6.12. The van der Waals surface area contributed by atoms with Gasteiger partial charge in [-0.25, -0.2) is 0 Å². The summed E-state index contributed by atoms with van der Waals surface area (Å²) in [6.45, 7) is 1.17. The number of benzene rings is 2. The molecule has 1 aliphatic heterocycles. The molecule has 5 heteroatoms. The molecule has 1 fully saturated rings. The highest BCUT2D eigenvalue weighted by molar-refractivity contribution is 6.34. The minimum Gasteiger partial charge on any atom is -0.339 e.